The molecule has 1 aromatic rings. The summed E-state index contributed by atoms with van der Waals surface area (Å²) in [5.74, 6) is -0.393. The quantitative estimate of drug-likeness (QED) is 0.827. The van der Waals surface area contributed by atoms with E-state index < -0.39 is 11.9 Å². The standard InChI is InChI=1S/C12H17N3O4/c1-3-15(9-7-19-6-8(9)12(16)17)10-4-13-5-11(14-10)18-2/h4-5,8-9H,3,6-7H2,1-2H3,(H,16,17). The minimum Gasteiger partial charge on any atom is -0.481 e. The van der Waals surface area contributed by atoms with Crippen LogP contribution in [0.5, 0.6) is 5.88 Å². The maximum absolute atomic E-state index is 11.2. The van der Waals surface area contributed by atoms with E-state index in [4.69, 9.17) is 9.47 Å². The van der Waals surface area contributed by atoms with Gasteiger partial charge in [0.05, 0.1) is 38.8 Å². The molecule has 1 aromatic heterocycles. The number of aliphatic carboxylic acids is 1. The highest BCUT2D eigenvalue weighted by molar-refractivity contribution is 5.72. The molecule has 0 aliphatic carbocycles. The summed E-state index contributed by atoms with van der Waals surface area (Å²) in [5, 5.41) is 9.21. The molecule has 104 valence electrons. The molecule has 2 heterocycles. The highest BCUT2D eigenvalue weighted by Crippen LogP contribution is 2.25. The second kappa shape index (κ2) is 5.83. The average molecular weight is 267 g/mol. The van der Waals surface area contributed by atoms with Crippen LogP contribution in [0.15, 0.2) is 12.4 Å². The fourth-order valence-corrected chi connectivity index (χ4v) is 2.23. The second-order valence-electron chi connectivity index (χ2n) is 4.26. The molecule has 2 unspecified atom stereocenters. The van der Waals surface area contributed by atoms with Gasteiger partial charge in [0.15, 0.2) is 5.82 Å². The van der Waals surface area contributed by atoms with Crippen LogP contribution >= 0.6 is 0 Å². The number of hydrogen-bond donors (Lipinski definition) is 1. The normalized spacial score (nSPS) is 22.2. The SMILES string of the molecule is CCN(c1cncc(OC)n1)C1COCC1C(=O)O. The first-order valence-electron chi connectivity index (χ1n) is 6.10. The van der Waals surface area contributed by atoms with E-state index in [9.17, 15) is 9.90 Å². The number of likely N-dealkylation sites (N-methyl/N-ethyl adjacent to an activating group) is 1. The first kappa shape index (κ1) is 13.5. The molecule has 7 heteroatoms. The highest BCUT2D eigenvalue weighted by atomic mass is 16.5. The Morgan fingerprint density at radius 3 is 3.00 bits per heavy atom. The van der Waals surface area contributed by atoms with Crippen molar-refractivity contribution in [2.24, 2.45) is 5.92 Å². The molecule has 19 heavy (non-hydrogen) atoms. The van der Waals surface area contributed by atoms with Gasteiger partial charge in [0, 0.05) is 6.54 Å². The van der Waals surface area contributed by atoms with E-state index in [1.165, 1.54) is 13.3 Å². The van der Waals surface area contributed by atoms with Gasteiger partial charge in [0.1, 0.15) is 5.92 Å². The van der Waals surface area contributed by atoms with Crippen LogP contribution in [0.1, 0.15) is 6.92 Å². The minimum absolute atomic E-state index is 0.230. The number of hydrogen-bond acceptors (Lipinski definition) is 6. The van der Waals surface area contributed by atoms with Crippen LogP contribution in [0.4, 0.5) is 5.82 Å². The lowest BCUT2D eigenvalue weighted by Crippen LogP contribution is -2.43. The van der Waals surface area contributed by atoms with E-state index in [1.807, 2.05) is 11.8 Å². The van der Waals surface area contributed by atoms with Crippen molar-refractivity contribution in [1.29, 1.82) is 0 Å². The van der Waals surface area contributed by atoms with E-state index in [-0.39, 0.29) is 12.6 Å². The molecule has 7 nitrogen and oxygen atoms in total. The molecular weight excluding hydrogens is 250 g/mol. The van der Waals surface area contributed by atoms with Gasteiger partial charge in [-0.3, -0.25) is 9.78 Å². The Morgan fingerprint density at radius 1 is 1.58 bits per heavy atom. The van der Waals surface area contributed by atoms with Crippen molar-refractivity contribution in [2.75, 3.05) is 31.8 Å². The number of nitrogens with zero attached hydrogens (tertiary/aromatic N) is 3. The molecule has 2 rings (SSSR count). The van der Waals surface area contributed by atoms with Gasteiger partial charge in [-0.1, -0.05) is 0 Å². The molecule has 0 spiro atoms. The number of carboxylic acid groups (broad SMARTS) is 1. The first-order valence-corrected chi connectivity index (χ1v) is 6.10. The zero-order chi connectivity index (χ0) is 13.8. The van der Waals surface area contributed by atoms with Crippen LogP contribution in [0.2, 0.25) is 0 Å². The third-order valence-corrected chi connectivity index (χ3v) is 3.21. The average Bonchev–Trinajstić information content (AvgIpc) is 2.89. The summed E-state index contributed by atoms with van der Waals surface area (Å²) in [5.41, 5.74) is 0. The summed E-state index contributed by atoms with van der Waals surface area (Å²) < 4.78 is 10.3. The Balaban J connectivity index is 2.25. The largest absolute Gasteiger partial charge is 0.481 e. The molecule has 2 atom stereocenters. The van der Waals surface area contributed by atoms with Crippen LogP contribution in [0.3, 0.4) is 0 Å². The lowest BCUT2D eigenvalue weighted by atomic mass is 10.0. The smallest absolute Gasteiger partial charge is 0.311 e. The molecule has 0 bridgehead atoms. The maximum Gasteiger partial charge on any atom is 0.311 e. The predicted octanol–water partition coefficient (Wildman–Crippen LogP) is 0.411. The van der Waals surface area contributed by atoms with Gasteiger partial charge in [-0.2, -0.15) is 4.98 Å². The Hall–Kier alpha value is -1.89. The minimum atomic E-state index is -0.850. The number of carboxylic acids is 1. The number of ether oxygens (including phenoxy) is 2. The Kier molecular flexibility index (Phi) is 4.16. The topological polar surface area (TPSA) is 84.8 Å². The Labute approximate surface area is 111 Å². The lowest BCUT2D eigenvalue weighted by molar-refractivity contribution is -0.141. The van der Waals surface area contributed by atoms with Crippen molar-refractivity contribution in [1.82, 2.24) is 9.97 Å². The zero-order valence-corrected chi connectivity index (χ0v) is 10.9. The van der Waals surface area contributed by atoms with Crippen LogP contribution in [0, 0.1) is 5.92 Å². The molecule has 1 aliphatic rings. The highest BCUT2D eigenvalue weighted by Gasteiger charge is 2.38. The lowest BCUT2D eigenvalue weighted by Gasteiger charge is -2.30. The van der Waals surface area contributed by atoms with Gasteiger partial charge in [-0.15, -0.1) is 0 Å². The van der Waals surface area contributed by atoms with E-state index >= 15 is 0 Å². The summed E-state index contributed by atoms with van der Waals surface area (Å²) in [6, 6.07) is -0.232. The molecule has 1 fully saturated rings. The van der Waals surface area contributed by atoms with E-state index in [0.29, 0.717) is 24.8 Å². The first-order chi connectivity index (χ1) is 9.17. The van der Waals surface area contributed by atoms with Crippen molar-refractivity contribution in [3.05, 3.63) is 12.4 Å². The monoisotopic (exact) mass is 267 g/mol. The summed E-state index contributed by atoms with van der Waals surface area (Å²) in [4.78, 5) is 21.5. The van der Waals surface area contributed by atoms with Crippen LogP contribution in [-0.2, 0) is 9.53 Å². The summed E-state index contributed by atoms with van der Waals surface area (Å²) in [7, 11) is 1.52. The maximum atomic E-state index is 11.2. The van der Waals surface area contributed by atoms with Gasteiger partial charge in [0.2, 0.25) is 5.88 Å². The van der Waals surface area contributed by atoms with Crippen molar-refractivity contribution in [3.8, 4) is 5.88 Å². The number of aromatic nitrogens is 2. The van der Waals surface area contributed by atoms with Crippen LogP contribution in [0.25, 0.3) is 0 Å². The molecule has 0 saturated carbocycles. The fraction of sp³-hybridized carbons (Fsp3) is 0.583. The van der Waals surface area contributed by atoms with Crippen molar-refractivity contribution in [3.63, 3.8) is 0 Å². The van der Waals surface area contributed by atoms with Crippen molar-refractivity contribution in [2.45, 2.75) is 13.0 Å². The Morgan fingerprint density at radius 2 is 2.37 bits per heavy atom. The van der Waals surface area contributed by atoms with E-state index in [1.54, 1.807) is 6.20 Å². The number of carbonyl (C=O) groups is 1. The molecule has 0 amide bonds. The summed E-state index contributed by atoms with van der Waals surface area (Å²) in [6.45, 7) is 3.18. The fourth-order valence-electron chi connectivity index (χ4n) is 2.23. The van der Waals surface area contributed by atoms with Gasteiger partial charge >= 0.3 is 5.97 Å². The molecule has 1 aliphatic heterocycles. The van der Waals surface area contributed by atoms with Gasteiger partial charge in [0.25, 0.3) is 0 Å². The molecule has 0 radical (unpaired) electrons. The predicted molar refractivity (Wildman–Crippen MR) is 67.3 cm³/mol. The number of methoxy groups -OCH3 is 1. The molecule has 0 aromatic carbocycles. The zero-order valence-electron chi connectivity index (χ0n) is 10.9. The Bertz CT molecular complexity index is 454. The van der Waals surface area contributed by atoms with E-state index in [0.717, 1.165) is 0 Å². The molecule has 1 N–H and O–H groups in total. The third kappa shape index (κ3) is 2.76. The summed E-state index contributed by atoms with van der Waals surface area (Å²) >= 11 is 0. The van der Waals surface area contributed by atoms with Gasteiger partial charge in [-0.25, -0.2) is 0 Å². The van der Waals surface area contributed by atoms with Crippen LogP contribution < -0.4 is 9.64 Å². The number of rotatable bonds is 5. The van der Waals surface area contributed by atoms with Gasteiger partial charge < -0.3 is 19.5 Å². The van der Waals surface area contributed by atoms with Gasteiger partial charge in [-0.05, 0) is 6.92 Å². The van der Waals surface area contributed by atoms with Crippen molar-refractivity contribution >= 4 is 11.8 Å². The number of anilines is 1. The molecular formula is C12H17N3O4. The molecule has 1 saturated heterocycles. The summed E-state index contributed by atoms with van der Waals surface area (Å²) in [6.07, 6.45) is 3.11. The second-order valence-corrected chi connectivity index (χ2v) is 4.26. The van der Waals surface area contributed by atoms with Crippen LogP contribution in [-0.4, -0.2) is 54.0 Å². The van der Waals surface area contributed by atoms with E-state index in [2.05, 4.69) is 9.97 Å². The van der Waals surface area contributed by atoms with Crippen molar-refractivity contribution < 1.29 is 19.4 Å². The third-order valence-electron chi connectivity index (χ3n) is 3.21.